The van der Waals surface area contributed by atoms with Crippen LogP contribution >= 0.6 is 0 Å². The summed E-state index contributed by atoms with van der Waals surface area (Å²) in [4.78, 5) is 40.4. The van der Waals surface area contributed by atoms with E-state index in [2.05, 4.69) is 5.32 Å². The minimum atomic E-state index is -0.947. The molecule has 2 aliphatic rings. The van der Waals surface area contributed by atoms with Crippen molar-refractivity contribution in [3.63, 3.8) is 0 Å². The monoisotopic (exact) mass is 388 g/mol. The van der Waals surface area contributed by atoms with Gasteiger partial charge in [-0.25, -0.2) is 4.79 Å². The lowest BCUT2D eigenvalue weighted by molar-refractivity contribution is -0.131. The van der Waals surface area contributed by atoms with E-state index in [0.717, 1.165) is 5.56 Å². The Balaban J connectivity index is 1.62. The molecule has 1 unspecified atom stereocenters. The fourth-order valence-electron chi connectivity index (χ4n) is 3.66. The van der Waals surface area contributed by atoms with Crippen LogP contribution in [0.1, 0.15) is 17.5 Å². The zero-order chi connectivity index (χ0) is 20.4. The minimum Gasteiger partial charge on any atom is -0.384 e. The molecule has 2 saturated heterocycles. The number of β-amino-alcohol motifs (C(OH)–C–C–N with tert-alkyl or cyclic N) is 1. The number of nitrogens with zero attached hydrogens (tertiary/aromatic N) is 3. The van der Waals surface area contributed by atoms with Crippen LogP contribution in [0.5, 0.6) is 0 Å². The summed E-state index contributed by atoms with van der Waals surface area (Å²) in [5, 5.41) is 20.3. The summed E-state index contributed by atoms with van der Waals surface area (Å²) in [6.07, 6.45) is -0.0786. The van der Waals surface area contributed by atoms with Gasteiger partial charge in [-0.15, -0.1) is 0 Å². The molecular formula is C18H24N6O4. The quantitative estimate of drug-likeness (QED) is 0.277. The number of benzene rings is 1. The largest absolute Gasteiger partial charge is 0.384 e. The second kappa shape index (κ2) is 7.85. The lowest BCUT2D eigenvalue weighted by Gasteiger charge is -2.25. The van der Waals surface area contributed by atoms with Crippen LogP contribution in [0, 0.1) is 5.41 Å². The van der Waals surface area contributed by atoms with Gasteiger partial charge in [0.2, 0.25) is 12.3 Å². The third-order valence-electron chi connectivity index (χ3n) is 5.19. The first-order valence-corrected chi connectivity index (χ1v) is 8.95. The smallest absolute Gasteiger partial charge is 0.322 e. The van der Waals surface area contributed by atoms with E-state index >= 15 is 0 Å². The highest BCUT2D eigenvalue weighted by atomic mass is 16.3. The van der Waals surface area contributed by atoms with Crippen molar-refractivity contribution in [1.29, 1.82) is 5.41 Å². The van der Waals surface area contributed by atoms with Crippen LogP contribution in [0.2, 0.25) is 0 Å². The van der Waals surface area contributed by atoms with Gasteiger partial charge < -0.3 is 26.0 Å². The Bertz CT molecular complexity index is 783. The summed E-state index contributed by atoms with van der Waals surface area (Å²) in [5.41, 5.74) is 6.85. The molecule has 2 fully saturated rings. The van der Waals surface area contributed by atoms with Gasteiger partial charge in [-0.05, 0) is 12.0 Å². The maximum atomic E-state index is 12.6. The van der Waals surface area contributed by atoms with Gasteiger partial charge in [0.15, 0.2) is 0 Å². The van der Waals surface area contributed by atoms with Crippen molar-refractivity contribution in [3.05, 3.63) is 35.4 Å². The average Bonchev–Trinajstić information content (AvgIpc) is 3.20. The van der Waals surface area contributed by atoms with Crippen molar-refractivity contribution in [2.24, 2.45) is 5.73 Å². The van der Waals surface area contributed by atoms with E-state index in [4.69, 9.17) is 11.1 Å². The highest BCUT2D eigenvalue weighted by Crippen LogP contribution is 2.26. The summed E-state index contributed by atoms with van der Waals surface area (Å²) >= 11 is 0. The normalized spacial score (nSPS) is 24.6. The van der Waals surface area contributed by atoms with E-state index in [-0.39, 0.29) is 43.8 Å². The molecular weight excluding hydrogens is 364 g/mol. The van der Waals surface area contributed by atoms with Crippen LogP contribution < -0.4 is 11.1 Å². The lowest BCUT2D eigenvalue weighted by atomic mass is 10.1. The Kier molecular flexibility index (Phi) is 5.50. The van der Waals surface area contributed by atoms with Crippen LogP contribution in [-0.4, -0.2) is 82.4 Å². The van der Waals surface area contributed by atoms with Crippen molar-refractivity contribution in [3.8, 4) is 0 Å². The predicted molar refractivity (Wildman–Crippen MR) is 100 cm³/mol. The van der Waals surface area contributed by atoms with Crippen LogP contribution in [0.15, 0.2) is 24.3 Å². The van der Waals surface area contributed by atoms with Crippen molar-refractivity contribution in [1.82, 2.24) is 20.0 Å². The Labute approximate surface area is 162 Å². The number of nitrogen functional groups attached to an aromatic ring is 1. The first-order valence-electron chi connectivity index (χ1n) is 8.95. The number of urea groups is 1. The third kappa shape index (κ3) is 3.77. The fourth-order valence-corrected chi connectivity index (χ4v) is 3.66. The minimum absolute atomic E-state index is 0.0292. The van der Waals surface area contributed by atoms with Crippen molar-refractivity contribution < 1.29 is 19.5 Å². The first-order chi connectivity index (χ1) is 13.3. The molecule has 10 nitrogen and oxygen atoms in total. The summed E-state index contributed by atoms with van der Waals surface area (Å²) in [5.74, 6) is -0.349. The average molecular weight is 388 g/mol. The van der Waals surface area contributed by atoms with Gasteiger partial charge in [-0.1, -0.05) is 24.3 Å². The number of likely N-dealkylation sites (tertiary alicyclic amines) is 1. The molecule has 0 saturated carbocycles. The molecule has 5 N–H and O–H groups in total. The molecule has 0 spiro atoms. The Morgan fingerprint density at radius 1 is 1.36 bits per heavy atom. The molecule has 150 valence electrons. The number of carbonyl (C=O) groups excluding carboxylic acids is 3. The zero-order valence-corrected chi connectivity index (χ0v) is 15.5. The van der Waals surface area contributed by atoms with Gasteiger partial charge in [0.05, 0.1) is 12.6 Å². The van der Waals surface area contributed by atoms with Crippen molar-refractivity contribution in [2.45, 2.75) is 31.3 Å². The number of nitrogens with one attached hydrogen (secondary N) is 2. The number of rotatable bonds is 6. The van der Waals surface area contributed by atoms with Crippen LogP contribution in [0.4, 0.5) is 4.79 Å². The number of amides is 4. The molecule has 4 amide bonds. The van der Waals surface area contributed by atoms with Crippen LogP contribution in [-0.2, 0) is 16.1 Å². The molecule has 2 aliphatic heterocycles. The standard InChI is InChI=1S/C18H24N6O4/c1-22-9-15(26)24(18(22)28)13-6-14(23(8-13)10-25)17(27)21-7-11-2-4-12(5-3-11)16(19)20/h2-5,10,13-15,26H,6-9H2,1H3,(H3,19,20)(H,21,27)/t13-,14-,15?/m0/s1. The molecule has 3 rings (SSSR count). The van der Waals surface area contributed by atoms with E-state index in [1.807, 2.05) is 0 Å². The second-order valence-electron chi connectivity index (χ2n) is 7.09. The SMILES string of the molecule is CN1CC(O)N([C@H]2C[C@@H](C(=O)NCc3ccc(C(=N)N)cc3)N(C=O)C2)C1=O. The lowest BCUT2D eigenvalue weighted by Crippen LogP contribution is -2.44. The van der Waals surface area contributed by atoms with Crippen LogP contribution in [0.25, 0.3) is 0 Å². The summed E-state index contributed by atoms with van der Waals surface area (Å²) in [6.45, 7) is 0.661. The van der Waals surface area contributed by atoms with Crippen molar-refractivity contribution >= 4 is 24.2 Å². The topological polar surface area (TPSA) is 143 Å². The van der Waals surface area contributed by atoms with E-state index < -0.39 is 18.3 Å². The van der Waals surface area contributed by atoms with E-state index in [1.165, 1.54) is 14.7 Å². The Hall–Kier alpha value is -3.14. The first kappa shape index (κ1) is 19.6. The summed E-state index contributed by atoms with van der Waals surface area (Å²) in [6, 6.07) is 5.50. The molecule has 28 heavy (non-hydrogen) atoms. The number of aliphatic hydroxyl groups is 1. The summed E-state index contributed by atoms with van der Waals surface area (Å²) < 4.78 is 0. The molecule has 0 bridgehead atoms. The molecule has 1 aromatic carbocycles. The number of carbonyl (C=O) groups is 3. The zero-order valence-electron chi connectivity index (χ0n) is 15.5. The van der Waals surface area contributed by atoms with E-state index in [9.17, 15) is 19.5 Å². The predicted octanol–water partition coefficient (Wildman–Crippen LogP) is -1.13. The number of nitrogens with two attached hydrogens (primary N) is 1. The number of hydrogen-bond acceptors (Lipinski definition) is 5. The highest BCUT2D eigenvalue weighted by Gasteiger charge is 2.45. The number of aliphatic hydroxyl groups excluding tert-OH is 1. The molecule has 1 aromatic rings. The second-order valence-corrected chi connectivity index (χ2v) is 7.09. The Morgan fingerprint density at radius 2 is 2.04 bits per heavy atom. The fraction of sp³-hybridized carbons (Fsp3) is 0.444. The maximum absolute atomic E-state index is 12.6. The van der Waals surface area contributed by atoms with Gasteiger partial charge >= 0.3 is 6.03 Å². The van der Waals surface area contributed by atoms with E-state index in [0.29, 0.717) is 12.0 Å². The van der Waals surface area contributed by atoms with E-state index in [1.54, 1.807) is 31.3 Å². The van der Waals surface area contributed by atoms with Crippen LogP contribution in [0.3, 0.4) is 0 Å². The molecule has 3 atom stereocenters. The molecule has 10 heteroatoms. The summed E-state index contributed by atoms with van der Waals surface area (Å²) in [7, 11) is 1.60. The molecule has 0 radical (unpaired) electrons. The maximum Gasteiger partial charge on any atom is 0.322 e. The molecule has 0 aliphatic carbocycles. The van der Waals surface area contributed by atoms with Crippen molar-refractivity contribution in [2.75, 3.05) is 20.1 Å². The number of hydrogen-bond donors (Lipinski definition) is 4. The molecule has 2 heterocycles. The number of likely N-dealkylation sites (N-methyl/N-ethyl adjacent to an activating group) is 1. The van der Waals surface area contributed by atoms with Gasteiger partial charge in [0.1, 0.15) is 18.1 Å². The molecule has 0 aromatic heterocycles. The van der Waals surface area contributed by atoms with Gasteiger partial charge in [-0.2, -0.15) is 0 Å². The van der Waals surface area contributed by atoms with Gasteiger partial charge in [0.25, 0.3) is 0 Å². The Morgan fingerprint density at radius 3 is 2.57 bits per heavy atom. The van der Waals surface area contributed by atoms with Gasteiger partial charge in [-0.3, -0.25) is 19.9 Å². The third-order valence-corrected chi connectivity index (χ3v) is 5.19. The van der Waals surface area contributed by atoms with Gasteiger partial charge in [0, 0.05) is 25.7 Å². The highest BCUT2D eigenvalue weighted by molar-refractivity contribution is 5.94. The number of amidine groups is 1.